The Kier molecular flexibility index (Phi) is 5.02. The number of hydrogen-bond acceptors (Lipinski definition) is 4. The van der Waals surface area contributed by atoms with E-state index < -0.39 is 10.0 Å². The van der Waals surface area contributed by atoms with Crippen LogP contribution in [0.3, 0.4) is 0 Å². The molecule has 29 heavy (non-hydrogen) atoms. The number of piperazine rings is 1. The van der Waals surface area contributed by atoms with Gasteiger partial charge in [-0.25, -0.2) is 8.42 Å². The number of phenols is 1. The highest BCUT2D eigenvalue weighted by atomic mass is 32.2. The number of benzene rings is 3. The van der Waals surface area contributed by atoms with Crippen molar-refractivity contribution >= 4 is 26.7 Å². The van der Waals surface area contributed by atoms with Crippen LogP contribution in [0.2, 0.25) is 0 Å². The van der Waals surface area contributed by atoms with Crippen molar-refractivity contribution in [3.63, 3.8) is 0 Å². The van der Waals surface area contributed by atoms with E-state index in [-0.39, 0.29) is 48.3 Å². The molecule has 4 rings (SSSR count). The lowest BCUT2D eigenvalue weighted by Gasteiger charge is -2.34. The van der Waals surface area contributed by atoms with Crippen LogP contribution in [-0.4, -0.2) is 54.8 Å². The quantitative estimate of drug-likeness (QED) is 0.720. The summed E-state index contributed by atoms with van der Waals surface area (Å²) in [7, 11) is -3.58. The third-order valence-corrected chi connectivity index (χ3v) is 7.19. The Morgan fingerprint density at radius 1 is 0.897 bits per heavy atom. The molecule has 3 aromatic rings. The molecular formula is C22H22N2O4S. The number of nitrogens with zero attached hydrogens (tertiary/aromatic N) is 2. The van der Waals surface area contributed by atoms with Gasteiger partial charge in [0.15, 0.2) is 0 Å². The Labute approximate surface area is 170 Å². The zero-order valence-electron chi connectivity index (χ0n) is 16.1. The van der Waals surface area contributed by atoms with Gasteiger partial charge in [-0.15, -0.1) is 0 Å². The van der Waals surface area contributed by atoms with Gasteiger partial charge in [-0.2, -0.15) is 4.31 Å². The van der Waals surface area contributed by atoms with Crippen LogP contribution in [0.15, 0.2) is 65.6 Å². The summed E-state index contributed by atoms with van der Waals surface area (Å²) in [6, 6.07) is 17.5. The zero-order valence-corrected chi connectivity index (χ0v) is 16.9. The van der Waals surface area contributed by atoms with Gasteiger partial charge in [0, 0.05) is 26.2 Å². The molecule has 7 heteroatoms. The minimum atomic E-state index is -3.58. The second-order valence-corrected chi connectivity index (χ2v) is 9.16. The van der Waals surface area contributed by atoms with Gasteiger partial charge in [0.1, 0.15) is 5.75 Å². The summed E-state index contributed by atoms with van der Waals surface area (Å²) in [5.41, 5.74) is 1.23. The van der Waals surface area contributed by atoms with Crippen LogP contribution >= 0.6 is 0 Å². The largest absolute Gasteiger partial charge is 0.507 e. The van der Waals surface area contributed by atoms with E-state index in [1.807, 2.05) is 31.2 Å². The average molecular weight is 410 g/mol. The predicted octanol–water partition coefficient (Wildman–Crippen LogP) is 3.00. The van der Waals surface area contributed by atoms with Crippen LogP contribution in [0.25, 0.3) is 10.8 Å². The summed E-state index contributed by atoms with van der Waals surface area (Å²) in [6.07, 6.45) is 0. The van der Waals surface area contributed by atoms with Crippen molar-refractivity contribution in [1.29, 1.82) is 0 Å². The molecule has 1 fully saturated rings. The maximum absolute atomic E-state index is 12.9. The van der Waals surface area contributed by atoms with Crippen LogP contribution in [0, 0.1) is 6.92 Å². The normalized spacial score (nSPS) is 15.6. The molecule has 1 aliphatic rings. The molecule has 6 nitrogen and oxygen atoms in total. The summed E-state index contributed by atoms with van der Waals surface area (Å²) < 4.78 is 27.1. The maximum Gasteiger partial charge on any atom is 0.257 e. The van der Waals surface area contributed by atoms with Gasteiger partial charge < -0.3 is 10.0 Å². The van der Waals surface area contributed by atoms with E-state index in [2.05, 4.69) is 0 Å². The number of rotatable bonds is 3. The highest BCUT2D eigenvalue weighted by Gasteiger charge is 2.31. The molecule has 0 radical (unpaired) electrons. The lowest BCUT2D eigenvalue weighted by atomic mass is 10.0. The molecule has 0 aliphatic carbocycles. The summed E-state index contributed by atoms with van der Waals surface area (Å²) in [5.74, 6) is -0.357. The first-order valence-electron chi connectivity index (χ1n) is 9.44. The standard InChI is InChI=1S/C22H22N2O4S/c1-16-6-8-19(9-7-16)29(27,28)24-12-10-23(11-13-24)22(26)20-14-17-4-2-3-5-18(17)15-21(20)25/h2-9,14-15,25H,10-13H2,1H3. The number of aromatic hydroxyl groups is 1. The molecule has 0 spiro atoms. The molecule has 1 saturated heterocycles. The van der Waals surface area contributed by atoms with E-state index in [0.29, 0.717) is 0 Å². The van der Waals surface area contributed by atoms with Gasteiger partial charge in [0.2, 0.25) is 10.0 Å². The molecule has 1 amide bonds. The number of amides is 1. The molecule has 0 unspecified atom stereocenters. The first-order valence-corrected chi connectivity index (χ1v) is 10.9. The fourth-order valence-electron chi connectivity index (χ4n) is 3.56. The Morgan fingerprint density at radius 2 is 1.48 bits per heavy atom. The fraction of sp³-hybridized carbons (Fsp3) is 0.227. The first-order chi connectivity index (χ1) is 13.9. The summed E-state index contributed by atoms with van der Waals surface area (Å²) in [4.78, 5) is 14.8. The van der Waals surface area contributed by atoms with Gasteiger partial charge in [0.25, 0.3) is 5.91 Å². The topological polar surface area (TPSA) is 77.9 Å². The van der Waals surface area contributed by atoms with Gasteiger partial charge in [0.05, 0.1) is 10.5 Å². The molecule has 0 bridgehead atoms. The second-order valence-electron chi connectivity index (χ2n) is 7.23. The Bertz CT molecular complexity index is 1170. The molecule has 0 saturated carbocycles. The molecule has 1 heterocycles. The van der Waals surface area contributed by atoms with E-state index >= 15 is 0 Å². The van der Waals surface area contributed by atoms with Crippen molar-refractivity contribution in [2.24, 2.45) is 0 Å². The van der Waals surface area contributed by atoms with Gasteiger partial charge >= 0.3 is 0 Å². The molecular weight excluding hydrogens is 388 g/mol. The third-order valence-electron chi connectivity index (χ3n) is 5.28. The highest BCUT2D eigenvalue weighted by Crippen LogP contribution is 2.27. The Balaban J connectivity index is 1.50. The molecule has 3 aromatic carbocycles. The highest BCUT2D eigenvalue weighted by molar-refractivity contribution is 7.89. The van der Waals surface area contributed by atoms with E-state index in [9.17, 15) is 18.3 Å². The van der Waals surface area contributed by atoms with Crippen molar-refractivity contribution in [3.8, 4) is 5.75 Å². The predicted molar refractivity (Wildman–Crippen MR) is 111 cm³/mol. The lowest BCUT2D eigenvalue weighted by molar-refractivity contribution is 0.0695. The third kappa shape index (κ3) is 3.71. The molecule has 0 aromatic heterocycles. The monoisotopic (exact) mass is 410 g/mol. The number of aryl methyl sites for hydroxylation is 1. The van der Waals surface area contributed by atoms with Crippen molar-refractivity contribution in [3.05, 3.63) is 71.8 Å². The van der Waals surface area contributed by atoms with Gasteiger partial charge in [-0.1, -0.05) is 42.0 Å². The van der Waals surface area contributed by atoms with Gasteiger partial charge in [-0.05, 0) is 42.0 Å². The second kappa shape index (κ2) is 7.50. The van der Waals surface area contributed by atoms with Gasteiger partial charge in [-0.3, -0.25) is 4.79 Å². The smallest absolute Gasteiger partial charge is 0.257 e. The summed E-state index contributed by atoms with van der Waals surface area (Å²) >= 11 is 0. The Morgan fingerprint density at radius 3 is 2.10 bits per heavy atom. The first kappa shape index (κ1) is 19.4. The number of phenolic OH excluding ortho intramolecular Hbond substituents is 1. The number of carbonyl (C=O) groups excluding carboxylic acids is 1. The van der Waals surface area contributed by atoms with Crippen molar-refractivity contribution in [2.75, 3.05) is 26.2 Å². The van der Waals surface area contributed by atoms with Crippen LogP contribution in [0.5, 0.6) is 5.75 Å². The summed E-state index contributed by atoms with van der Waals surface area (Å²) in [5, 5.41) is 12.0. The van der Waals surface area contributed by atoms with E-state index in [0.717, 1.165) is 16.3 Å². The van der Waals surface area contributed by atoms with Crippen LogP contribution < -0.4 is 0 Å². The molecule has 1 N–H and O–H groups in total. The summed E-state index contributed by atoms with van der Waals surface area (Å²) in [6.45, 7) is 2.89. The molecule has 0 atom stereocenters. The van der Waals surface area contributed by atoms with E-state index in [1.54, 1.807) is 41.3 Å². The average Bonchev–Trinajstić information content (AvgIpc) is 2.73. The van der Waals surface area contributed by atoms with Crippen LogP contribution in [0.4, 0.5) is 0 Å². The Hall–Kier alpha value is -2.90. The SMILES string of the molecule is Cc1ccc(S(=O)(=O)N2CCN(C(=O)c3cc4ccccc4cc3O)CC2)cc1. The minimum Gasteiger partial charge on any atom is -0.507 e. The maximum atomic E-state index is 12.9. The number of carbonyl (C=O) groups is 1. The number of hydrogen-bond donors (Lipinski definition) is 1. The van der Waals surface area contributed by atoms with Crippen molar-refractivity contribution < 1.29 is 18.3 Å². The van der Waals surface area contributed by atoms with Crippen molar-refractivity contribution in [1.82, 2.24) is 9.21 Å². The fourth-order valence-corrected chi connectivity index (χ4v) is 4.98. The lowest BCUT2D eigenvalue weighted by Crippen LogP contribution is -2.50. The molecule has 150 valence electrons. The molecule has 1 aliphatic heterocycles. The minimum absolute atomic E-state index is 0.0663. The number of fused-ring (bicyclic) bond motifs is 1. The number of sulfonamides is 1. The van der Waals surface area contributed by atoms with E-state index in [1.165, 1.54) is 4.31 Å². The van der Waals surface area contributed by atoms with Crippen molar-refractivity contribution in [2.45, 2.75) is 11.8 Å². The van der Waals surface area contributed by atoms with E-state index in [4.69, 9.17) is 0 Å². The zero-order chi connectivity index (χ0) is 20.6. The van der Waals surface area contributed by atoms with Crippen LogP contribution in [-0.2, 0) is 10.0 Å². The van der Waals surface area contributed by atoms with Crippen LogP contribution in [0.1, 0.15) is 15.9 Å².